The number of aliphatic hydroxyl groups excluding tert-OH is 1. The number of pyridine rings is 1. The average Bonchev–Trinajstić information content (AvgIpc) is 3.27. The van der Waals surface area contributed by atoms with Crippen LogP contribution < -0.4 is 16.4 Å². The Kier molecular flexibility index (Phi) is 5.48. The van der Waals surface area contributed by atoms with Crippen molar-refractivity contribution in [1.82, 2.24) is 20.3 Å². The van der Waals surface area contributed by atoms with Gasteiger partial charge in [-0.25, -0.2) is 14.4 Å². The van der Waals surface area contributed by atoms with Crippen LogP contribution in [0.15, 0.2) is 67.3 Å². The Morgan fingerprint density at radius 2 is 2.03 bits per heavy atom. The summed E-state index contributed by atoms with van der Waals surface area (Å²) in [6, 6.07) is 14.5. The maximum atomic E-state index is 14.9. The minimum absolute atomic E-state index is 0.00296. The van der Waals surface area contributed by atoms with E-state index in [0.717, 1.165) is 23.1 Å². The molecule has 0 saturated carbocycles. The average molecular weight is 430 g/mol. The van der Waals surface area contributed by atoms with Gasteiger partial charge in [0.15, 0.2) is 0 Å². The molecule has 0 amide bonds. The lowest BCUT2D eigenvalue weighted by atomic mass is 9.92. The third kappa shape index (κ3) is 3.80. The summed E-state index contributed by atoms with van der Waals surface area (Å²) in [4.78, 5) is 12.8. The summed E-state index contributed by atoms with van der Waals surface area (Å²) in [5.74, 6) is 0.444. The highest BCUT2D eigenvalue weighted by molar-refractivity contribution is 5.91. The van der Waals surface area contributed by atoms with Crippen LogP contribution in [0, 0.1) is 5.82 Å². The van der Waals surface area contributed by atoms with Gasteiger partial charge >= 0.3 is 0 Å². The first-order valence-corrected chi connectivity index (χ1v) is 10.5. The van der Waals surface area contributed by atoms with Crippen LogP contribution in [0.1, 0.15) is 23.3 Å². The first-order chi connectivity index (χ1) is 15.6. The second-order valence-electron chi connectivity index (χ2n) is 7.91. The molecule has 0 aliphatic carbocycles. The lowest BCUT2D eigenvalue weighted by molar-refractivity contribution is 0.187. The third-order valence-electron chi connectivity index (χ3n) is 5.94. The summed E-state index contributed by atoms with van der Waals surface area (Å²) < 4.78 is 14.9. The first kappa shape index (κ1) is 20.4. The topological polar surface area (TPSA) is 109 Å². The molecule has 3 atom stereocenters. The summed E-state index contributed by atoms with van der Waals surface area (Å²) in [6.07, 6.45) is 3.66. The Bertz CT molecular complexity index is 1250. The molecule has 8 heteroatoms. The minimum atomic E-state index is -1.12. The number of benzene rings is 2. The Morgan fingerprint density at radius 1 is 1.12 bits per heavy atom. The van der Waals surface area contributed by atoms with Crippen LogP contribution in [-0.2, 0) is 0 Å². The maximum absolute atomic E-state index is 14.9. The molecular formula is C24H23FN6O. The molecule has 7 nitrogen and oxygen atoms in total. The van der Waals surface area contributed by atoms with E-state index in [9.17, 15) is 9.50 Å². The first-order valence-electron chi connectivity index (χ1n) is 10.5. The van der Waals surface area contributed by atoms with Crippen molar-refractivity contribution >= 4 is 16.7 Å². The van der Waals surface area contributed by atoms with E-state index in [4.69, 9.17) is 5.73 Å². The van der Waals surface area contributed by atoms with Gasteiger partial charge in [-0.3, -0.25) is 4.98 Å². The predicted octanol–water partition coefficient (Wildman–Crippen LogP) is 2.95. The van der Waals surface area contributed by atoms with Gasteiger partial charge < -0.3 is 21.5 Å². The zero-order chi connectivity index (χ0) is 22.1. The van der Waals surface area contributed by atoms with Crippen molar-refractivity contribution in [2.24, 2.45) is 5.73 Å². The van der Waals surface area contributed by atoms with Crippen molar-refractivity contribution in [2.45, 2.75) is 18.2 Å². The van der Waals surface area contributed by atoms with Gasteiger partial charge in [0.25, 0.3) is 0 Å². The number of nitrogens with two attached hydrogens (primary N) is 1. The summed E-state index contributed by atoms with van der Waals surface area (Å²) in [5, 5.41) is 17.5. The standard InChI is InChI=1S/C24H23FN6O/c25-20-9-14(6-7-16(20)15-3-2-8-27-10-15)19-11-28-12-21(19)31-24-18-5-1-4-17(23(26)32)22(18)29-13-30-24/h1-10,13,19,21,23,28,32H,11-12,26H2,(H,29,30,31)/t19-,21+,23?/m1/s1. The van der Waals surface area contributed by atoms with E-state index in [-0.39, 0.29) is 17.8 Å². The Hall–Kier alpha value is -3.46. The molecule has 2 aromatic carbocycles. The van der Waals surface area contributed by atoms with Crippen molar-refractivity contribution in [3.63, 3.8) is 0 Å². The van der Waals surface area contributed by atoms with Gasteiger partial charge in [-0.2, -0.15) is 0 Å². The molecule has 5 N–H and O–H groups in total. The van der Waals surface area contributed by atoms with Gasteiger partial charge in [-0.15, -0.1) is 0 Å². The lowest BCUT2D eigenvalue weighted by Gasteiger charge is -2.22. The summed E-state index contributed by atoms with van der Waals surface area (Å²) in [6.45, 7) is 1.43. The number of nitrogens with zero attached hydrogens (tertiary/aromatic N) is 3. The molecule has 1 aliphatic rings. The van der Waals surface area contributed by atoms with Crippen LogP contribution in [0.3, 0.4) is 0 Å². The Balaban J connectivity index is 1.44. The zero-order valence-electron chi connectivity index (χ0n) is 17.2. The molecule has 0 radical (unpaired) electrons. The molecular weight excluding hydrogens is 407 g/mol. The van der Waals surface area contributed by atoms with Gasteiger partial charge in [-0.05, 0) is 23.8 Å². The third-order valence-corrected chi connectivity index (χ3v) is 5.94. The van der Waals surface area contributed by atoms with Crippen molar-refractivity contribution in [1.29, 1.82) is 0 Å². The highest BCUT2D eigenvalue weighted by atomic mass is 19.1. The summed E-state index contributed by atoms with van der Waals surface area (Å²) in [5.41, 5.74) is 9.03. The van der Waals surface area contributed by atoms with Crippen LogP contribution in [0.5, 0.6) is 0 Å². The number of rotatable bonds is 5. The van der Waals surface area contributed by atoms with Crippen molar-refractivity contribution < 1.29 is 9.50 Å². The van der Waals surface area contributed by atoms with Gasteiger partial charge in [0, 0.05) is 59.5 Å². The van der Waals surface area contributed by atoms with Crippen molar-refractivity contribution in [3.8, 4) is 11.1 Å². The molecule has 1 saturated heterocycles. The number of fused-ring (bicyclic) bond motifs is 1. The van der Waals surface area contributed by atoms with Crippen LogP contribution in [0.2, 0.25) is 0 Å². The van der Waals surface area contributed by atoms with Gasteiger partial charge in [-0.1, -0.05) is 30.3 Å². The molecule has 32 heavy (non-hydrogen) atoms. The van der Waals surface area contributed by atoms with E-state index in [2.05, 4.69) is 25.6 Å². The van der Waals surface area contributed by atoms with E-state index in [1.807, 2.05) is 30.3 Å². The van der Waals surface area contributed by atoms with Crippen LogP contribution in [0.25, 0.3) is 22.0 Å². The number of aliphatic hydroxyl groups is 1. The highest BCUT2D eigenvalue weighted by Crippen LogP contribution is 2.31. The molecule has 0 spiro atoms. The van der Waals surface area contributed by atoms with Crippen molar-refractivity contribution in [2.75, 3.05) is 18.4 Å². The maximum Gasteiger partial charge on any atom is 0.137 e. The quantitative estimate of drug-likeness (QED) is 0.361. The fourth-order valence-corrected chi connectivity index (χ4v) is 4.34. The summed E-state index contributed by atoms with van der Waals surface area (Å²) >= 11 is 0. The second kappa shape index (κ2) is 8.58. The largest absolute Gasteiger partial charge is 0.374 e. The number of hydrogen-bond donors (Lipinski definition) is 4. The van der Waals surface area contributed by atoms with Gasteiger partial charge in [0.2, 0.25) is 0 Å². The van der Waals surface area contributed by atoms with E-state index in [1.165, 1.54) is 6.33 Å². The molecule has 1 fully saturated rings. The number of anilines is 1. The molecule has 2 aromatic heterocycles. The van der Waals surface area contributed by atoms with Crippen molar-refractivity contribution in [3.05, 3.63) is 84.2 Å². The Morgan fingerprint density at radius 3 is 2.81 bits per heavy atom. The highest BCUT2D eigenvalue weighted by Gasteiger charge is 2.30. The molecule has 1 unspecified atom stereocenters. The van der Waals surface area contributed by atoms with E-state index < -0.39 is 6.23 Å². The number of hydrogen-bond acceptors (Lipinski definition) is 7. The van der Waals surface area contributed by atoms with Gasteiger partial charge in [0.05, 0.1) is 5.52 Å². The fourth-order valence-electron chi connectivity index (χ4n) is 4.34. The molecule has 162 valence electrons. The van der Waals surface area contributed by atoms with Crippen LogP contribution >= 0.6 is 0 Å². The lowest BCUT2D eigenvalue weighted by Crippen LogP contribution is -2.28. The van der Waals surface area contributed by atoms with Crippen LogP contribution in [-0.4, -0.2) is 39.2 Å². The predicted molar refractivity (Wildman–Crippen MR) is 121 cm³/mol. The van der Waals surface area contributed by atoms with E-state index in [1.54, 1.807) is 30.6 Å². The monoisotopic (exact) mass is 430 g/mol. The second-order valence-corrected chi connectivity index (χ2v) is 7.91. The molecule has 1 aliphatic heterocycles. The molecule has 3 heterocycles. The Labute approximate surface area is 184 Å². The van der Waals surface area contributed by atoms with E-state index in [0.29, 0.717) is 29.0 Å². The minimum Gasteiger partial charge on any atom is -0.374 e. The van der Waals surface area contributed by atoms with Crippen LogP contribution in [0.4, 0.5) is 10.2 Å². The number of halogens is 1. The SMILES string of the molecule is NC(O)c1cccc2c(N[C@H]3CNC[C@@H]3c3ccc(-c4cccnc4)c(F)c3)ncnc12. The number of aromatic nitrogens is 3. The smallest absolute Gasteiger partial charge is 0.137 e. The fraction of sp³-hybridized carbons (Fsp3) is 0.208. The number of para-hydroxylation sites is 1. The van der Waals surface area contributed by atoms with E-state index >= 15 is 0 Å². The molecule has 4 aromatic rings. The molecule has 0 bridgehead atoms. The molecule has 5 rings (SSSR count). The zero-order valence-corrected chi connectivity index (χ0v) is 17.2. The number of nitrogens with one attached hydrogen (secondary N) is 2. The summed E-state index contributed by atoms with van der Waals surface area (Å²) in [7, 11) is 0. The van der Waals surface area contributed by atoms with Gasteiger partial charge in [0.1, 0.15) is 24.2 Å². The normalized spacial score (nSPS) is 19.2.